The number of fused-ring (bicyclic) bond motifs is 1. The van der Waals surface area contributed by atoms with Gasteiger partial charge in [0.05, 0.1) is 12.1 Å². The maximum atomic E-state index is 13.9. The fraction of sp³-hybridized carbons (Fsp3) is 0.545. The van der Waals surface area contributed by atoms with Gasteiger partial charge in [-0.05, 0) is 71.2 Å². The van der Waals surface area contributed by atoms with Gasteiger partial charge in [-0.25, -0.2) is 4.39 Å². The molecule has 5 nitrogen and oxygen atoms in total. The molecule has 2 saturated heterocycles. The summed E-state index contributed by atoms with van der Waals surface area (Å²) in [5, 5.41) is 4.49. The average molecular weight is 384 g/mol. The lowest BCUT2D eigenvalue weighted by molar-refractivity contribution is 0.0598. The van der Waals surface area contributed by atoms with Crippen LogP contribution < -0.4 is 4.90 Å². The predicted molar refractivity (Wildman–Crippen MR) is 108 cm³/mol. The van der Waals surface area contributed by atoms with Crippen molar-refractivity contribution in [2.24, 2.45) is 0 Å². The molecule has 0 spiro atoms. The molecular weight excluding hydrogens is 355 g/mol. The van der Waals surface area contributed by atoms with E-state index in [0.29, 0.717) is 5.69 Å². The lowest BCUT2D eigenvalue weighted by Gasteiger charge is -2.42. The number of aromatic nitrogens is 2. The van der Waals surface area contributed by atoms with Crippen molar-refractivity contribution in [2.45, 2.75) is 70.6 Å². The minimum Gasteiger partial charge on any atom is -0.361 e. The van der Waals surface area contributed by atoms with E-state index in [1.807, 2.05) is 27.9 Å². The van der Waals surface area contributed by atoms with E-state index in [-0.39, 0.29) is 35.4 Å². The third-order valence-corrected chi connectivity index (χ3v) is 6.14. The number of hydrogen-bond donors (Lipinski definition) is 0. The number of hydrogen-bond acceptors (Lipinski definition) is 3. The van der Waals surface area contributed by atoms with Gasteiger partial charge in [0.2, 0.25) is 0 Å². The van der Waals surface area contributed by atoms with Crippen LogP contribution in [0.5, 0.6) is 0 Å². The van der Waals surface area contributed by atoms with E-state index >= 15 is 0 Å². The van der Waals surface area contributed by atoms with Crippen LogP contribution >= 0.6 is 0 Å². The number of nitrogens with zero attached hydrogens (tertiary/aromatic N) is 4. The van der Waals surface area contributed by atoms with Gasteiger partial charge >= 0.3 is 0 Å². The highest BCUT2D eigenvalue weighted by Gasteiger charge is 2.51. The molecular formula is C22H29FN4O. The highest BCUT2D eigenvalue weighted by atomic mass is 19.1. The summed E-state index contributed by atoms with van der Waals surface area (Å²) in [5.41, 5.74) is 1.26. The minimum atomic E-state index is -0.222. The van der Waals surface area contributed by atoms with Crippen molar-refractivity contribution in [3.8, 4) is 0 Å². The second kappa shape index (κ2) is 6.90. The summed E-state index contributed by atoms with van der Waals surface area (Å²) in [5.74, 6) is -0.217. The number of piperidine rings is 1. The average Bonchev–Trinajstić information content (AvgIpc) is 3.22. The molecule has 4 rings (SSSR count). The Morgan fingerprint density at radius 2 is 2.04 bits per heavy atom. The zero-order chi connectivity index (χ0) is 20.1. The molecule has 2 aromatic rings. The quantitative estimate of drug-likeness (QED) is 0.794. The van der Waals surface area contributed by atoms with Crippen LogP contribution in [0, 0.1) is 5.82 Å². The van der Waals surface area contributed by atoms with E-state index < -0.39 is 0 Å². The van der Waals surface area contributed by atoms with Gasteiger partial charge in [0, 0.05) is 30.0 Å². The van der Waals surface area contributed by atoms with Gasteiger partial charge in [-0.1, -0.05) is 6.07 Å². The lowest BCUT2D eigenvalue weighted by Crippen LogP contribution is -2.53. The van der Waals surface area contributed by atoms with E-state index in [1.54, 1.807) is 12.1 Å². The number of rotatable bonds is 3. The van der Waals surface area contributed by atoms with Gasteiger partial charge in [-0.2, -0.15) is 5.10 Å². The summed E-state index contributed by atoms with van der Waals surface area (Å²) < 4.78 is 15.7. The van der Waals surface area contributed by atoms with Gasteiger partial charge in [0.25, 0.3) is 5.91 Å². The maximum Gasteiger partial charge on any atom is 0.274 e. The largest absolute Gasteiger partial charge is 0.361 e. The monoisotopic (exact) mass is 384 g/mol. The van der Waals surface area contributed by atoms with E-state index in [1.165, 1.54) is 6.07 Å². The predicted octanol–water partition coefficient (Wildman–Crippen LogP) is 4.27. The molecule has 2 aliphatic heterocycles. The first-order valence-corrected chi connectivity index (χ1v) is 10.2. The van der Waals surface area contributed by atoms with Crippen LogP contribution in [0.25, 0.3) is 0 Å². The van der Waals surface area contributed by atoms with Crippen LogP contribution in [0.4, 0.5) is 10.1 Å². The van der Waals surface area contributed by atoms with E-state index in [2.05, 4.69) is 37.7 Å². The first kappa shape index (κ1) is 19.0. The van der Waals surface area contributed by atoms with Crippen LogP contribution in [-0.4, -0.2) is 44.8 Å². The number of carbonyl (C=O) groups is 1. The second-order valence-corrected chi connectivity index (χ2v) is 8.92. The molecule has 0 unspecified atom stereocenters. The molecule has 2 aliphatic rings. The molecule has 0 radical (unpaired) electrons. The van der Waals surface area contributed by atoms with Crippen molar-refractivity contribution in [1.29, 1.82) is 0 Å². The number of carbonyl (C=O) groups excluding carboxylic acids is 1. The third kappa shape index (κ3) is 3.19. The Labute approximate surface area is 166 Å². The Balaban J connectivity index is 1.63. The maximum absolute atomic E-state index is 13.9. The molecule has 2 atom stereocenters. The second-order valence-electron chi connectivity index (χ2n) is 8.92. The number of likely N-dealkylation sites (tertiary alicyclic amines) is 1. The highest BCUT2D eigenvalue weighted by molar-refractivity contribution is 5.92. The number of benzene rings is 1. The summed E-state index contributed by atoms with van der Waals surface area (Å²) in [7, 11) is 0. The minimum absolute atomic E-state index is 0.00555. The zero-order valence-electron chi connectivity index (χ0n) is 17.1. The third-order valence-electron chi connectivity index (χ3n) is 6.14. The first-order valence-electron chi connectivity index (χ1n) is 10.2. The van der Waals surface area contributed by atoms with Crippen molar-refractivity contribution in [2.75, 3.05) is 11.4 Å². The first-order chi connectivity index (χ1) is 13.3. The van der Waals surface area contributed by atoms with Gasteiger partial charge < -0.3 is 9.80 Å². The summed E-state index contributed by atoms with van der Waals surface area (Å²) in [6.45, 7) is 9.23. The molecule has 1 amide bonds. The molecule has 3 heterocycles. The normalized spacial score (nSPS) is 23.9. The number of amides is 1. The van der Waals surface area contributed by atoms with E-state index in [0.717, 1.165) is 31.5 Å². The lowest BCUT2D eigenvalue weighted by atomic mass is 9.94. The van der Waals surface area contributed by atoms with Crippen molar-refractivity contribution in [3.63, 3.8) is 0 Å². The number of anilines is 1. The van der Waals surface area contributed by atoms with Gasteiger partial charge in [-0.15, -0.1) is 0 Å². The molecule has 28 heavy (non-hydrogen) atoms. The molecule has 0 N–H and O–H groups in total. The Morgan fingerprint density at radius 1 is 1.25 bits per heavy atom. The Bertz CT molecular complexity index is 875. The Morgan fingerprint density at radius 3 is 2.71 bits per heavy atom. The summed E-state index contributed by atoms with van der Waals surface area (Å²) in [6, 6.07) is 9.17. The van der Waals surface area contributed by atoms with Crippen LogP contribution in [0.3, 0.4) is 0 Å². The Hall–Kier alpha value is -2.37. The van der Waals surface area contributed by atoms with Crippen molar-refractivity contribution < 1.29 is 9.18 Å². The number of halogens is 1. The van der Waals surface area contributed by atoms with Crippen LogP contribution in [0.15, 0.2) is 36.5 Å². The fourth-order valence-electron chi connectivity index (χ4n) is 4.95. The SMILES string of the molecule is CC(C)n1ccc(C(=O)N2CCC[C@H]3[C@@H]2CC(C)(C)N3c2cccc(F)c2)n1. The van der Waals surface area contributed by atoms with Crippen molar-refractivity contribution in [3.05, 3.63) is 48.0 Å². The molecule has 0 saturated carbocycles. The van der Waals surface area contributed by atoms with Gasteiger partial charge in [-0.3, -0.25) is 9.48 Å². The molecule has 1 aromatic carbocycles. The van der Waals surface area contributed by atoms with E-state index in [9.17, 15) is 9.18 Å². The van der Waals surface area contributed by atoms with Gasteiger partial charge in [0.15, 0.2) is 0 Å². The van der Waals surface area contributed by atoms with Crippen molar-refractivity contribution >= 4 is 11.6 Å². The smallest absolute Gasteiger partial charge is 0.274 e. The molecule has 150 valence electrons. The topological polar surface area (TPSA) is 41.4 Å². The van der Waals surface area contributed by atoms with Crippen LogP contribution in [0.1, 0.15) is 63.5 Å². The summed E-state index contributed by atoms with van der Waals surface area (Å²) >= 11 is 0. The fourth-order valence-corrected chi connectivity index (χ4v) is 4.95. The molecule has 2 fully saturated rings. The van der Waals surface area contributed by atoms with Crippen LogP contribution in [-0.2, 0) is 0 Å². The van der Waals surface area contributed by atoms with Crippen LogP contribution in [0.2, 0.25) is 0 Å². The zero-order valence-corrected chi connectivity index (χ0v) is 17.1. The molecule has 0 bridgehead atoms. The molecule has 1 aromatic heterocycles. The van der Waals surface area contributed by atoms with Gasteiger partial charge in [0.1, 0.15) is 11.5 Å². The Kier molecular flexibility index (Phi) is 4.68. The summed E-state index contributed by atoms with van der Waals surface area (Å²) in [6.07, 6.45) is 4.69. The van der Waals surface area contributed by atoms with Crippen molar-refractivity contribution in [1.82, 2.24) is 14.7 Å². The standard InChI is InChI=1S/C22H29FN4O/c1-15(2)26-12-10-18(24-26)21(28)25-11-6-9-19-20(25)14-22(3,4)27(19)17-8-5-7-16(23)13-17/h5,7-8,10,12-13,15,19-20H,6,9,11,14H2,1-4H3/t19-,20-/m0/s1. The highest BCUT2D eigenvalue weighted by Crippen LogP contribution is 2.44. The molecule has 6 heteroatoms. The van der Waals surface area contributed by atoms with E-state index in [4.69, 9.17) is 0 Å². The summed E-state index contributed by atoms with van der Waals surface area (Å²) in [4.78, 5) is 17.6. The molecule has 0 aliphatic carbocycles.